The number of nitrogens with zero attached hydrogens (tertiary/aromatic N) is 4. The van der Waals surface area contributed by atoms with Crippen molar-refractivity contribution in [3.63, 3.8) is 0 Å². The highest BCUT2D eigenvalue weighted by Crippen LogP contribution is 2.35. The van der Waals surface area contributed by atoms with E-state index in [-0.39, 0.29) is 12.1 Å². The standard InChI is InChI=1S/C22H33N5O3/c1-5-19(28)22(4)20(16(3)23)27(21(29)30-22)12-7-6-11-26-14-18(24-25-26)17-10-8-9-15(2)13-17/h8-10,13-14,16,19-20,28H,5-7,11-12,23H2,1-4H3/t16-,19-,20-,22-/m1/s1. The molecule has 4 atom stereocenters. The lowest BCUT2D eigenvalue weighted by Crippen LogP contribution is -2.58. The molecular formula is C22H33N5O3. The molecule has 0 aliphatic carbocycles. The van der Waals surface area contributed by atoms with Crippen molar-refractivity contribution in [3.8, 4) is 11.3 Å². The van der Waals surface area contributed by atoms with Crippen LogP contribution in [-0.2, 0) is 11.3 Å². The van der Waals surface area contributed by atoms with Crippen molar-refractivity contribution >= 4 is 6.09 Å². The third kappa shape index (κ3) is 4.49. The van der Waals surface area contributed by atoms with Crippen molar-refractivity contribution in [1.29, 1.82) is 0 Å². The first kappa shape index (κ1) is 22.2. The van der Waals surface area contributed by atoms with Crippen LogP contribution in [0.4, 0.5) is 4.79 Å². The number of cyclic esters (lactones) is 1. The Kier molecular flexibility index (Phi) is 6.77. The molecule has 1 amide bonds. The van der Waals surface area contributed by atoms with Crippen molar-refractivity contribution in [2.45, 2.75) is 77.3 Å². The number of ether oxygens (including phenoxy) is 1. The molecule has 0 radical (unpaired) electrons. The van der Waals surface area contributed by atoms with Crippen molar-refractivity contribution in [2.75, 3.05) is 6.54 Å². The molecule has 8 nitrogen and oxygen atoms in total. The summed E-state index contributed by atoms with van der Waals surface area (Å²) in [5.41, 5.74) is 8.27. The molecular weight excluding hydrogens is 382 g/mol. The van der Waals surface area contributed by atoms with Crippen LogP contribution in [0, 0.1) is 6.92 Å². The molecule has 0 bridgehead atoms. The number of rotatable bonds is 9. The van der Waals surface area contributed by atoms with Crippen LogP contribution in [0.1, 0.15) is 45.6 Å². The number of aromatic nitrogens is 3. The van der Waals surface area contributed by atoms with E-state index >= 15 is 0 Å². The molecule has 1 aliphatic heterocycles. The summed E-state index contributed by atoms with van der Waals surface area (Å²) in [5, 5.41) is 18.9. The quantitative estimate of drug-likeness (QED) is 0.610. The molecule has 164 valence electrons. The van der Waals surface area contributed by atoms with E-state index in [1.165, 1.54) is 5.56 Å². The average molecular weight is 416 g/mol. The van der Waals surface area contributed by atoms with Gasteiger partial charge in [0.15, 0.2) is 5.60 Å². The first-order valence-corrected chi connectivity index (χ1v) is 10.7. The third-order valence-corrected chi connectivity index (χ3v) is 5.90. The lowest BCUT2D eigenvalue weighted by atomic mass is 9.85. The zero-order valence-corrected chi connectivity index (χ0v) is 18.3. The molecule has 1 aromatic heterocycles. The van der Waals surface area contributed by atoms with E-state index in [9.17, 15) is 9.90 Å². The van der Waals surface area contributed by atoms with E-state index < -0.39 is 17.8 Å². The number of carbonyl (C=O) groups excluding carboxylic acids is 1. The molecule has 1 saturated heterocycles. The molecule has 1 fully saturated rings. The number of hydrogen-bond donors (Lipinski definition) is 2. The van der Waals surface area contributed by atoms with Crippen LogP contribution >= 0.6 is 0 Å². The third-order valence-electron chi connectivity index (χ3n) is 5.90. The highest BCUT2D eigenvalue weighted by Gasteiger charge is 2.55. The highest BCUT2D eigenvalue weighted by molar-refractivity contribution is 5.72. The van der Waals surface area contributed by atoms with Gasteiger partial charge in [-0.1, -0.05) is 35.9 Å². The molecule has 1 aliphatic rings. The molecule has 0 unspecified atom stereocenters. The van der Waals surface area contributed by atoms with Gasteiger partial charge in [0.2, 0.25) is 0 Å². The van der Waals surface area contributed by atoms with E-state index in [2.05, 4.69) is 29.4 Å². The number of benzene rings is 1. The number of carbonyl (C=O) groups is 1. The number of aliphatic hydroxyl groups excluding tert-OH is 1. The predicted molar refractivity (Wildman–Crippen MR) is 115 cm³/mol. The maximum Gasteiger partial charge on any atom is 0.410 e. The monoisotopic (exact) mass is 415 g/mol. The summed E-state index contributed by atoms with van der Waals surface area (Å²) in [6, 6.07) is 7.50. The van der Waals surface area contributed by atoms with Gasteiger partial charge in [-0.25, -0.2) is 4.79 Å². The molecule has 2 aromatic rings. The summed E-state index contributed by atoms with van der Waals surface area (Å²) in [6.07, 6.45) is 2.89. The molecule has 8 heteroatoms. The van der Waals surface area contributed by atoms with Crippen LogP contribution in [0.3, 0.4) is 0 Å². The van der Waals surface area contributed by atoms with Gasteiger partial charge in [-0.15, -0.1) is 5.10 Å². The Bertz CT molecular complexity index is 868. The van der Waals surface area contributed by atoms with E-state index in [0.717, 1.165) is 24.1 Å². The Labute approximate surface area is 178 Å². The van der Waals surface area contributed by atoms with E-state index in [4.69, 9.17) is 10.5 Å². The average Bonchev–Trinajstić information content (AvgIpc) is 3.27. The number of nitrogens with two attached hydrogens (primary N) is 1. The normalized spacial score (nSPS) is 23.5. The fourth-order valence-corrected chi connectivity index (χ4v) is 4.34. The summed E-state index contributed by atoms with van der Waals surface area (Å²) in [5.74, 6) is 0. The summed E-state index contributed by atoms with van der Waals surface area (Å²) < 4.78 is 7.42. The minimum absolute atomic E-state index is 0.310. The van der Waals surface area contributed by atoms with E-state index in [0.29, 0.717) is 19.5 Å². The first-order valence-electron chi connectivity index (χ1n) is 10.7. The maximum atomic E-state index is 12.5. The largest absolute Gasteiger partial charge is 0.438 e. The second-order valence-corrected chi connectivity index (χ2v) is 8.42. The second kappa shape index (κ2) is 9.14. The van der Waals surface area contributed by atoms with Crippen LogP contribution in [0.15, 0.2) is 30.5 Å². The van der Waals surface area contributed by atoms with Crippen molar-refractivity contribution < 1.29 is 14.6 Å². The molecule has 0 saturated carbocycles. The number of aryl methyl sites for hydroxylation is 2. The number of unbranched alkanes of at least 4 members (excludes halogenated alkanes) is 1. The van der Waals surface area contributed by atoms with Crippen molar-refractivity contribution in [3.05, 3.63) is 36.0 Å². The van der Waals surface area contributed by atoms with Crippen molar-refractivity contribution in [2.24, 2.45) is 5.73 Å². The molecule has 0 spiro atoms. The van der Waals surface area contributed by atoms with Crippen LogP contribution < -0.4 is 5.73 Å². The van der Waals surface area contributed by atoms with Gasteiger partial charge in [-0.2, -0.15) is 0 Å². The predicted octanol–water partition coefficient (Wildman–Crippen LogP) is 2.73. The van der Waals surface area contributed by atoms with Crippen LogP contribution in [-0.4, -0.2) is 61.4 Å². The SMILES string of the molecule is CC[C@@H](O)[C@@]1(C)OC(=O)N(CCCCn2cc(-c3cccc(C)c3)nn2)[C@@H]1[C@@H](C)N. The lowest BCUT2D eigenvalue weighted by Gasteiger charge is -2.37. The Morgan fingerprint density at radius 1 is 1.33 bits per heavy atom. The Balaban J connectivity index is 1.57. The smallest absolute Gasteiger partial charge is 0.410 e. The Morgan fingerprint density at radius 2 is 2.07 bits per heavy atom. The van der Waals surface area contributed by atoms with Gasteiger partial charge in [0, 0.05) is 24.7 Å². The fourth-order valence-electron chi connectivity index (χ4n) is 4.34. The zero-order valence-electron chi connectivity index (χ0n) is 18.3. The van der Waals surface area contributed by atoms with Crippen LogP contribution in [0.5, 0.6) is 0 Å². The summed E-state index contributed by atoms with van der Waals surface area (Å²) in [7, 11) is 0. The molecule has 3 N–H and O–H groups in total. The summed E-state index contributed by atoms with van der Waals surface area (Å²) >= 11 is 0. The van der Waals surface area contributed by atoms with Gasteiger partial charge in [0.25, 0.3) is 0 Å². The van der Waals surface area contributed by atoms with E-state index in [1.807, 2.05) is 36.9 Å². The highest BCUT2D eigenvalue weighted by atomic mass is 16.6. The molecule has 30 heavy (non-hydrogen) atoms. The van der Waals surface area contributed by atoms with Crippen molar-refractivity contribution in [1.82, 2.24) is 19.9 Å². The first-order chi connectivity index (χ1) is 14.3. The fraction of sp³-hybridized carbons (Fsp3) is 0.591. The minimum atomic E-state index is -0.991. The molecule has 2 heterocycles. The number of aliphatic hydroxyl groups is 1. The molecule has 1 aromatic carbocycles. The number of hydrogen-bond acceptors (Lipinski definition) is 6. The van der Waals surface area contributed by atoms with Gasteiger partial charge in [0.05, 0.1) is 18.3 Å². The summed E-state index contributed by atoms with van der Waals surface area (Å²) in [4.78, 5) is 14.2. The van der Waals surface area contributed by atoms with Gasteiger partial charge in [-0.05, 0) is 46.1 Å². The molecule has 3 rings (SSSR count). The van der Waals surface area contributed by atoms with Gasteiger partial charge in [-0.3, -0.25) is 9.58 Å². The van der Waals surface area contributed by atoms with Gasteiger partial charge < -0.3 is 15.6 Å². The topological polar surface area (TPSA) is 106 Å². The summed E-state index contributed by atoms with van der Waals surface area (Å²) in [6.45, 7) is 8.78. The van der Waals surface area contributed by atoms with Gasteiger partial charge >= 0.3 is 6.09 Å². The van der Waals surface area contributed by atoms with Crippen LogP contribution in [0.2, 0.25) is 0 Å². The maximum absolute atomic E-state index is 12.5. The van der Waals surface area contributed by atoms with Gasteiger partial charge in [0.1, 0.15) is 5.69 Å². The number of amides is 1. The zero-order chi connectivity index (χ0) is 21.9. The lowest BCUT2D eigenvalue weighted by molar-refractivity contribution is -0.0645. The minimum Gasteiger partial charge on any atom is -0.438 e. The Morgan fingerprint density at radius 3 is 2.73 bits per heavy atom. The van der Waals surface area contributed by atoms with Crippen LogP contribution in [0.25, 0.3) is 11.3 Å². The Hall–Kier alpha value is -2.45. The second-order valence-electron chi connectivity index (χ2n) is 8.42. The van der Waals surface area contributed by atoms with E-state index in [1.54, 1.807) is 11.8 Å².